The van der Waals surface area contributed by atoms with Gasteiger partial charge in [-0.2, -0.15) is 0 Å². The average molecular weight is 294 g/mol. The number of hydrogen-bond donors (Lipinski definition) is 1. The molecule has 0 bridgehead atoms. The van der Waals surface area contributed by atoms with Gasteiger partial charge in [0.2, 0.25) is 0 Å². The summed E-state index contributed by atoms with van der Waals surface area (Å²) >= 11 is 5.38. The Hall–Kier alpha value is -1.33. The number of aromatic amines is 1. The zero-order valence-electron chi connectivity index (χ0n) is 12.3. The molecule has 0 unspecified atom stereocenters. The Kier molecular flexibility index (Phi) is 5.20. The molecule has 4 nitrogen and oxygen atoms in total. The van der Waals surface area contributed by atoms with E-state index in [1.165, 1.54) is 0 Å². The number of aromatic nitrogens is 2. The Bertz CT molecular complexity index is 616. The van der Waals surface area contributed by atoms with Gasteiger partial charge in [-0.05, 0) is 36.7 Å². The average Bonchev–Trinajstić information content (AvgIpc) is 2.74. The van der Waals surface area contributed by atoms with E-state index in [-0.39, 0.29) is 0 Å². The Balaban J connectivity index is 2.07. The van der Waals surface area contributed by atoms with Crippen molar-refractivity contribution in [2.45, 2.75) is 26.8 Å². The molecule has 0 spiro atoms. The van der Waals surface area contributed by atoms with Crippen LogP contribution in [0.3, 0.4) is 0 Å². The van der Waals surface area contributed by atoms with Crippen molar-refractivity contribution in [2.75, 3.05) is 20.3 Å². The van der Waals surface area contributed by atoms with E-state index < -0.39 is 0 Å². The van der Waals surface area contributed by atoms with Gasteiger partial charge in [0.25, 0.3) is 0 Å². The number of hydrogen-bond acceptors (Lipinski definition) is 3. The van der Waals surface area contributed by atoms with Gasteiger partial charge in [0.1, 0.15) is 11.3 Å². The lowest BCUT2D eigenvalue weighted by atomic mass is 10.1. The van der Waals surface area contributed by atoms with Crippen LogP contribution in [0.2, 0.25) is 0 Å². The third-order valence-electron chi connectivity index (χ3n) is 3.29. The molecule has 0 aliphatic heterocycles. The van der Waals surface area contributed by atoms with Crippen LogP contribution < -0.4 is 4.74 Å². The fourth-order valence-corrected chi connectivity index (χ4v) is 2.41. The number of benzene rings is 1. The smallest absolute Gasteiger partial charge is 0.178 e. The lowest BCUT2D eigenvalue weighted by Crippen LogP contribution is -2.08. The van der Waals surface area contributed by atoms with Gasteiger partial charge in [0, 0.05) is 13.2 Å². The highest BCUT2D eigenvalue weighted by Crippen LogP contribution is 2.24. The molecule has 0 radical (unpaired) electrons. The summed E-state index contributed by atoms with van der Waals surface area (Å²) in [4.78, 5) is 3.20. The van der Waals surface area contributed by atoms with Crippen LogP contribution in [0, 0.1) is 10.7 Å². The SMILES string of the molecule is COc1cccc2c1[nH]c(=S)n2CCOCCC(C)C. The predicted octanol–water partition coefficient (Wildman–Crippen LogP) is 3.77. The van der Waals surface area contributed by atoms with Gasteiger partial charge in [0.15, 0.2) is 4.77 Å². The minimum absolute atomic E-state index is 0.672. The molecule has 20 heavy (non-hydrogen) atoms. The molecular formula is C15H22N2O2S. The summed E-state index contributed by atoms with van der Waals surface area (Å²) in [6.07, 6.45) is 1.09. The van der Waals surface area contributed by atoms with Gasteiger partial charge in [-0.3, -0.25) is 0 Å². The minimum Gasteiger partial charge on any atom is -0.494 e. The van der Waals surface area contributed by atoms with Gasteiger partial charge in [-0.25, -0.2) is 0 Å². The van der Waals surface area contributed by atoms with E-state index in [1.807, 2.05) is 18.2 Å². The molecule has 5 heteroatoms. The molecule has 0 aliphatic rings. The highest BCUT2D eigenvalue weighted by atomic mass is 32.1. The number of ether oxygens (including phenoxy) is 2. The lowest BCUT2D eigenvalue weighted by molar-refractivity contribution is 0.116. The number of methoxy groups -OCH3 is 1. The highest BCUT2D eigenvalue weighted by Gasteiger charge is 2.08. The molecule has 2 aromatic rings. The number of nitrogens with zero attached hydrogens (tertiary/aromatic N) is 1. The van der Waals surface area contributed by atoms with E-state index >= 15 is 0 Å². The number of imidazole rings is 1. The van der Waals surface area contributed by atoms with Crippen LogP contribution in [-0.2, 0) is 11.3 Å². The molecule has 0 saturated carbocycles. The standard InChI is InChI=1S/C15H22N2O2S/c1-11(2)7-9-19-10-8-17-12-5-4-6-13(18-3)14(12)16-15(17)20/h4-6,11H,7-10H2,1-3H3,(H,16,20). The van der Waals surface area contributed by atoms with Crippen LogP contribution in [0.5, 0.6) is 5.75 Å². The van der Waals surface area contributed by atoms with Crippen LogP contribution in [0.1, 0.15) is 20.3 Å². The van der Waals surface area contributed by atoms with Crippen molar-refractivity contribution in [3.8, 4) is 5.75 Å². The summed E-state index contributed by atoms with van der Waals surface area (Å²) in [5.41, 5.74) is 2.00. The third-order valence-corrected chi connectivity index (χ3v) is 3.61. The van der Waals surface area contributed by atoms with E-state index in [9.17, 15) is 0 Å². The first kappa shape index (κ1) is 15.1. The van der Waals surface area contributed by atoms with Crippen molar-refractivity contribution in [1.82, 2.24) is 9.55 Å². The van der Waals surface area contributed by atoms with Crippen molar-refractivity contribution in [3.05, 3.63) is 23.0 Å². The molecule has 0 saturated heterocycles. The van der Waals surface area contributed by atoms with E-state index in [0.717, 1.165) is 36.4 Å². The Morgan fingerprint density at radius 2 is 2.10 bits per heavy atom. The highest BCUT2D eigenvalue weighted by molar-refractivity contribution is 7.71. The van der Waals surface area contributed by atoms with Crippen LogP contribution in [0.4, 0.5) is 0 Å². The second-order valence-electron chi connectivity index (χ2n) is 5.23. The third kappa shape index (κ3) is 3.41. The zero-order valence-corrected chi connectivity index (χ0v) is 13.1. The Morgan fingerprint density at radius 3 is 2.80 bits per heavy atom. The monoisotopic (exact) mass is 294 g/mol. The fourth-order valence-electron chi connectivity index (χ4n) is 2.12. The zero-order chi connectivity index (χ0) is 14.5. The minimum atomic E-state index is 0.672. The number of fused-ring (bicyclic) bond motifs is 1. The predicted molar refractivity (Wildman–Crippen MR) is 83.9 cm³/mol. The number of para-hydroxylation sites is 1. The van der Waals surface area contributed by atoms with Crippen LogP contribution >= 0.6 is 12.2 Å². The molecule has 2 rings (SSSR count). The lowest BCUT2D eigenvalue weighted by Gasteiger charge is -2.08. The second kappa shape index (κ2) is 6.90. The Labute approximate surface area is 124 Å². The molecule has 1 heterocycles. The first-order valence-electron chi connectivity index (χ1n) is 6.96. The van der Waals surface area contributed by atoms with E-state index in [1.54, 1.807) is 7.11 Å². The topological polar surface area (TPSA) is 39.2 Å². The van der Waals surface area contributed by atoms with Gasteiger partial charge in [-0.1, -0.05) is 19.9 Å². The van der Waals surface area contributed by atoms with Crippen molar-refractivity contribution in [2.24, 2.45) is 5.92 Å². The van der Waals surface area contributed by atoms with Crippen molar-refractivity contribution in [3.63, 3.8) is 0 Å². The van der Waals surface area contributed by atoms with Crippen molar-refractivity contribution >= 4 is 23.3 Å². The van der Waals surface area contributed by atoms with Crippen molar-refractivity contribution < 1.29 is 9.47 Å². The summed E-state index contributed by atoms with van der Waals surface area (Å²) in [5, 5.41) is 0. The van der Waals surface area contributed by atoms with Crippen LogP contribution in [0.15, 0.2) is 18.2 Å². The summed E-state index contributed by atoms with van der Waals surface area (Å²) < 4.78 is 13.8. The molecule has 1 aromatic carbocycles. The van der Waals surface area contributed by atoms with Crippen LogP contribution in [0.25, 0.3) is 11.0 Å². The number of nitrogens with one attached hydrogen (secondary N) is 1. The number of rotatable bonds is 7. The molecule has 0 aliphatic carbocycles. The van der Waals surface area contributed by atoms with E-state index in [2.05, 4.69) is 23.4 Å². The van der Waals surface area contributed by atoms with E-state index in [4.69, 9.17) is 21.7 Å². The summed E-state index contributed by atoms with van der Waals surface area (Å²) in [7, 11) is 1.66. The first-order chi connectivity index (χ1) is 9.63. The van der Waals surface area contributed by atoms with E-state index in [0.29, 0.717) is 17.3 Å². The summed E-state index contributed by atoms with van der Waals surface area (Å²) in [6.45, 7) is 6.63. The number of H-pyrrole nitrogens is 1. The fraction of sp³-hybridized carbons (Fsp3) is 0.533. The molecule has 0 amide bonds. The maximum absolute atomic E-state index is 5.67. The summed E-state index contributed by atoms with van der Waals surface area (Å²) in [6, 6.07) is 5.94. The van der Waals surface area contributed by atoms with Gasteiger partial charge in [-0.15, -0.1) is 0 Å². The first-order valence-corrected chi connectivity index (χ1v) is 7.37. The maximum Gasteiger partial charge on any atom is 0.178 e. The maximum atomic E-state index is 5.67. The molecule has 0 atom stereocenters. The van der Waals surface area contributed by atoms with Gasteiger partial charge < -0.3 is 19.0 Å². The molecule has 110 valence electrons. The molecule has 0 fully saturated rings. The molecule has 1 N–H and O–H groups in total. The summed E-state index contributed by atoms with van der Waals surface area (Å²) in [5.74, 6) is 1.49. The quantitative estimate of drug-likeness (QED) is 0.624. The second-order valence-corrected chi connectivity index (χ2v) is 5.62. The molecule has 1 aromatic heterocycles. The normalized spacial score (nSPS) is 11.4. The Morgan fingerprint density at radius 1 is 1.30 bits per heavy atom. The van der Waals surface area contributed by atoms with Gasteiger partial charge >= 0.3 is 0 Å². The van der Waals surface area contributed by atoms with Crippen LogP contribution in [-0.4, -0.2) is 29.9 Å². The largest absolute Gasteiger partial charge is 0.494 e. The van der Waals surface area contributed by atoms with Gasteiger partial charge in [0.05, 0.1) is 19.2 Å². The molecular weight excluding hydrogens is 272 g/mol. The van der Waals surface area contributed by atoms with Crippen molar-refractivity contribution in [1.29, 1.82) is 0 Å².